The van der Waals surface area contributed by atoms with E-state index < -0.39 is 0 Å². The fraction of sp³-hybridized carbons (Fsp3) is 0.733. The highest BCUT2D eigenvalue weighted by Crippen LogP contribution is 2.31. The number of nitrogens with two attached hydrogens (primary N) is 1. The number of anilines is 1. The molecule has 19 heavy (non-hydrogen) atoms. The Hall–Kier alpha value is -0.580. The largest absolute Gasteiger partial charge is 0.393 e. The van der Waals surface area contributed by atoms with E-state index in [1.807, 2.05) is 0 Å². The molecule has 0 radical (unpaired) electrons. The highest BCUT2D eigenvalue weighted by atomic mass is 32.1. The van der Waals surface area contributed by atoms with Crippen molar-refractivity contribution in [3.8, 4) is 0 Å². The molecular weight excluding hydrogens is 256 g/mol. The number of thiophene rings is 1. The number of aliphatic hydroxyl groups is 1. The lowest BCUT2D eigenvalue weighted by Gasteiger charge is -2.39. The van der Waals surface area contributed by atoms with Gasteiger partial charge in [-0.1, -0.05) is 20.8 Å². The number of hydrogen-bond donors (Lipinski definition) is 2. The number of aliphatic hydroxyl groups excluding tert-OH is 1. The molecular formula is C15H26N2OS. The van der Waals surface area contributed by atoms with Crippen molar-refractivity contribution in [3.63, 3.8) is 0 Å². The summed E-state index contributed by atoms with van der Waals surface area (Å²) in [4.78, 5) is 2.37. The normalized spacial score (nSPS) is 26.5. The summed E-state index contributed by atoms with van der Waals surface area (Å²) in [6.45, 7) is 8.22. The van der Waals surface area contributed by atoms with Crippen molar-refractivity contribution in [2.75, 3.05) is 18.0 Å². The van der Waals surface area contributed by atoms with Crippen LogP contribution in [0.2, 0.25) is 0 Å². The van der Waals surface area contributed by atoms with Crippen LogP contribution in [-0.4, -0.2) is 30.3 Å². The molecule has 108 valence electrons. The molecule has 2 rings (SSSR count). The van der Waals surface area contributed by atoms with Gasteiger partial charge < -0.3 is 15.7 Å². The van der Waals surface area contributed by atoms with E-state index in [-0.39, 0.29) is 17.6 Å². The zero-order valence-corrected chi connectivity index (χ0v) is 13.0. The molecule has 3 unspecified atom stereocenters. The summed E-state index contributed by atoms with van der Waals surface area (Å²) in [5.41, 5.74) is 7.41. The number of piperidine rings is 1. The molecule has 0 spiro atoms. The molecule has 1 saturated heterocycles. The molecule has 1 aromatic heterocycles. The van der Waals surface area contributed by atoms with Gasteiger partial charge in [0, 0.05) is 30.2 Å². The van der Waals surface area contributed by atoms with E-state index in [4.69, 9.17) is 5.73 Å². The highest BCUT2D eigenvalue weighted by molar-refractivity contribution is 7.08. The van der Waals surface area contributed by atoms with Gasteiger partial charge in [0.15, 0.2) is 0 Å². The van der Waals surface area contributed by atoms with Gasteiger partial charge in [0.05, 0.1) is 6.10 Å². The van der Waals surface area contributed by atoms with Crippen molar-refractivity contribution in [1.82, 2.24) is 0 Å². The third-order valence-electron chi connectivity index (χ3n) is 4.00. The molecule has 3 N–H and O–H groups in total. The Morgan fingerprint density at radius 2 is 2.21 bits per heavy atom. The molecule has 1 fully saturated rings. The zero-order valence-electron chi connectivity index (χ0n) is 12.2. The fourth-order valence-corrected chi connectivity index (χ4v) is 3.40. The summed E-state index contributed by atoms with van der Waals surface area (Å²) in [6.07, 6.45) is 1.61. The summed E-state index contributed by atoms with van der Waals surface area (Å²) >= 11 is 1.72. The van der Waals surface area contributed by atoms with E-state index in [9.17, 15) is 5.11 Å². The number of nitrogens with zero attached hydrogens (tertiary/aromatic N) is 1. The third kappa shape index (κ3) is 3.94. The monoisotopic (exact) mass is 282 g/mol. The molecule has 0 aromatic carbocycles. The van der Waals surface area contributed by atoms with Crippen LogP contribution in [0.5, 0.6) is 0 Å². The van der Waals surface area contributed by atoms with Crippen molar-refractivity contribution in [3.05, 3.63) is 16.8 Å². The van der Waals surface area contributed by atoms with Gasteiger partial charge in [-0.15, -0.1) is 0 Å². The van der Waals surface area contributed by atoms with Crippen LogP contribution in [0.25, 0.3) is 0 Å². The molecule has 2 heterocycles. The first kappa shape index (κ1) is 14.8. The Morgan fingerprint density at radius 1 is 1.47 bits per heavy atom. The van der Waals surface area contributed by atoms with Gasteiger partial charge in [0.25, 0.3) is 0 Å². The van der Waals surface area contributed by atoms with Crippen LogP contribution in [0.1, 0.15) is 33.6 Å². The maximum atomic E-state index is 10.3. The lowest BCUT2D eigenvalue weighted by molar-refractivity contribution is 0.0381. The van der Waals surface area contributed by atoms with Crippen LogP contribution in [0, 0.1) is 11.3 Å². The second kappa shape index (κ2) is 5.81. The first-order valence-electron chi connectivity index (χ1n) is 7.07. The quantitative estimate of drug-likeness (QED) is 0.896. The van der Waals surface area contributed by atoms with Crippen LogP contribution < -0.4 is 10.6 Å². The van der Waals surface area contributed by atoms with Crippen molar-refractivity contribution >= 4 is 17.0 Å². The SMILES string of the molecule is CC(C)(C)C(O)CC1CC(N)CN(c2ccsc2)C1. The van der Waals surface area contributed by atoms with E-state index in [1.54, 1.807) is 11.3 Å². The van der Waals surface area contributed by atoms with Crippen LogP contribution in [0.4, 0.5) is 5.69 Å². The molecule has 0 amide bonds. The highest BCUT2D eigenvalue weighted by Gasteiger charge is 2.30. The average molecular weight is 282 g/mol. The van der Waals surface area contributed by atoms with E-state index in [0.29, 0.717) is 5.92 Å². The van der Waals surface area contributed by atoms with Crippen LogP contribution in [-0.2, 0) is 0 Å². The van der Waals surface area contributed by atoms with Crippen molar-refractivity contribution < 1.29 is 5.11 Å². The van der Waals surface area contributed by atoms with Gasteiger partial charge in [0.2, 0.25) is 0 Å². The van der Waals surface area contributed by atoms with E-state index in [2.05, 4.69) is 42.5 Å². The van der Waals surface area contributed by atoms with Gasteiger partial charge in [-0.25, -0.2) is 0 Å². The molecule has 3 atom stereocenters. The van der Waals surface area contributed by atoms with Gasteiger partial charge in [-0.2, -0.15) is 11.3 Å². The van der Waals surface area contributed by atoms with Crippen LogP contribution in [0.3, 0.4) is 0 Å². The van der Waals surface area contributed by atoms with Crippen molar-refractivity contribution in [1.29, 1.82) is 0 Å². The summed E-state index contributed by atoms with van der Waals surface area (Å²) in [5.74, 6) is 0.484. The fourth-order valence-electron chi connectivity index (χ4n) is 2.73. The van der Waals surface area contributed by atoms with Crippen LogP contribution in [0.15, 0.2) is 16.8 Å². The topological polar surface area (TPSA) is 49.5 Å². The summed E-state index contributed by atoms with van der Waals surface area (Å²) in [5, 5.41) is 14.6. The van der Waals surface area contributed by atoms with Gasteiger partial charge >= 0.3 is 0 Å². The molecule has 0 saturated carbocycles. The number of rotatable bonds is 3. The van der Waals surface area contributed by atoms with Gasteiger partial charge in [-0.3, -0.25) is 0 Å². The van der Waals surface area contributed by atoms with E-state index >= 15 is 0 Å². The minimum atomic E-state index is -0.257. The zero-order chi connectivity index (χ0) is 14.0. The summed E-state index contributed by atoms with van der Waals surface area (Å²) < 4.78 is 0. The average Bonchev–Trinajstić information content (AvgIpc) is 2.80. The Bertz CT molecular complexity index is 385. The van der Waals surface area contributed by atoms with Crippen molar-refractivity contribution in [2.45, 2.75) is 45.8 Å². The predicted molar refractivity (Wildman–Crippen MR) is 82.7 cm³/mol. The minimum Gasteiger partial charge on any atom is -0.393 e. The predicted octanol–water partition coefficient (Wildman–Crippen LogP) is 2.70. The first-order chi connectivity index (χ1) is 8.86. The van der Waals surface area contributed by atoms with Gasteiger partial charge in [-0.05, 0) is 35.6 Å². The van der Waals surface area contributed by atoms with E-state index in [1.165, 1.54) is 5.69 Å². The molecule has 1 aliphatic heterocycles. The lowest BCUT2D eigenvalue weighted by atomic mass is 9.80. The first-order valence-corrected chi connectivity index (χ1v) is 8.01. The molecule has 1 aliphatic rings. The molecule has 4 heteroatoms. The Labute approximate surface area is 120 Å². The molecule has 0 aliphatic carbocycles. The maximum Gasteiger partial charge on any atom is 0.0591 e. The Morgan fingerprint density at radius 3 is 2.79 bits per heavy atom. The van der Waals surface area contributed by atoms with Crippen LogP contribution >= 0.6 is 11.3 Å². The number of hydrogen-bond acceptors (Lipinski definition) is 4. The van der Waals surface area contributed by atoms with Crippen molar-refractivity contribution in [2.24, 2.45) is 17.1 Å². The maximum absolute atomic E-state index is 10.3. The smallest absolute Gasteiger partial charge is 0.0591 e. The summed E-state index contributed by atoms with van der Waals surface area (Å²) in [7, 11) is 0. The standard InChI is InChI=1S/C15H26N2OS/c1-15(2,3)14(18)7-11-6-12(16)9-17(8-11)13-4-5-19-10-13/h4-5,10-12,14,18H,6-9,16H2,1-3H3. The second-order valence-corrected chi connectivity index (χ2v) is 7.65. The molecule has 1 aromatic rings. The lowest BCUT2D eigenvalue weighted by Crippen LogP contribution is -2.48. The third-order valence-corrected chi connectivity index (χ3v) is 4.67. The summed E-state index contributed by atoms with van der Waals surface area (Å²) in [6, 6.07) is 2.37. The Balaban J connectivity index is 1.98. The molecule has 0 bridgehead atoms. The van der Waals surface area contributed by atoms with E-state index in [0.717, 1.165) is 25.9 Å². The minimum absolute atomic E-state index is 0.0469. The van der Waals surface area contributed by atoms with Gasteiger partial charge in [0.1, 0.15) is 0 Å². The second-order valence-electron chi connectivity index (χ2n) is 6.87. The Kier molecular flexibility index (Phi) is 4.54. The molecule has 3 nitrogen and oxygen atoms in total.